The summed E-state index contributed by atoms with van der Waals surface area (Å²) in [6.07, 6.45) is 9.26. The molecular weight excluding hydrogens is 364 g/mol. The fourth-order valence-corrected chi connectivity index (χ4v) is 9.15. The molecule has 0 spiro atoms. The van der Waals surface area contributed by atoms with Crippen LogP contribution in [0.25, 0.3) is 0 Å². The van der Waals surface area contributed by atoms with Crippen LogP contribution in [0.3, 0.4) is 0 Å². The van der Waals surface area contributed by atoms with Crippen molar-refractivity contribution in [2.45, 2.75) is 90.7 Å². The summed E-state index contributed by atoms with van der Waals surface area (Å²) in [5, 5.41) is 9.06. The second-order valence-corrected chi connectivity index (χ2v) is 11.3. The first-order chi connectivity index (χ1) is 13.7. The lowest BCUT2D eigenvalue weighted by molar-refractivity contribution is -0.161. The average Bonchev–Trinajstić information content (AvgIpc) is 3.18. The Morgan fingerprint density at radius 3 is 2.45 bits per heavy atom. The van der Waals surface area contributed by atoms with Gasteiger partial charge < -0.3 is 4.74 Å². The van der Waals surface area contributed by atoms with Crippen LogP contribution >= 0.6 is 0 Å². The van der Waals surface area contributed by atoms with Gasteiger partial charge in [0.1, 0.15) is 11.6 Å². The molecule has 160 valence electrons. The fourth-order valence-electron chi connectivity index (χ4n) is 9.15. The van der Waals surface area contributed by atoms with Gasteiger partial charge in [0.2, 0.25) is 0 Å². The maximum atomic E-state index is 12.9. The van der Waals surface area contributed by atoms with Crippen LogP contribution < -0.4 is 0 Å². The maximum Gasteiger partial charge on any atom is 0.302 e. The number of fused-ring (bicyclic) bond motifs is 7. The van der Waals surface area contributed by atoms with Crippen molar-refractivity contribution in [2.24, 2.45) is 50.6 Å². The van der Waals surface area contributed by atoms with Crippen molar-refractivity contribution in [3.63, 3.8) is 0 Å². The topological polar surface area (TPSA) is 68.1 Å². The van der Waals surface area contributed by atoms with Crippen LogP contribution in [0.1, 0.15) is 79.1 Å². The number of ketones is 1. The van der Waals surface area contributed by atoms with Gasteiger partial charge in [-0.25, -0.2) is 0 Å². The van der Waals surface area contributed by atoms with E-state index in [0.717, 1.165) is 38.1 Å². The van der Waals surface area contributed by atoms with E-state index in [1.807, 2.05) is 0 Å². The Morgan fingerprint density at radius 2 is 1.72 bits per heavy atom. The van der Waals surface area contributed by atoms with Crippen molar-refractivity contribution < 1.29 is 14.3 Å². The number of hydrogen-bond donors (Lipinski definition) is 0. The van der Waals surface area contributed by atoms with Crippen molar-refractivity contribution in [1.82, 2.24) is 0 Å². The molecule has 5 heteroatoms. The highest BCUT2D eigenvalue weighted by atomic mass is 16.5. The lowest BCUT2D eigenvalue weighted by atomic mass is 9.44. The molecule has 5 nitrogen and oxygen atoms in total. The van der Waals surface area contributed by atoms with E-state index < -0.39 is 5.54 Å². The molecule has 0 saturated heterocycles. The van der Waals surface area contributed by atoms with Gasteiger partial charge in [-0.1, -0.05) is 13.8 Å². The van der Waals surface area contributed by atoms with E-state index in [4.69, 9.17) is 4.74 Å². The number of carbonyl (C=O) groups is 2. The number of hydrogen-bond acceptors (Lipinski definition) is 5. The minimum absolute atomic E-state index is 0.0250. The minimum Gasteiger partial charge on any atom is -0.463 e. The molecule has 29 heavy (non-hydrogen) atoms. The van der Waals surface area contributed by atoms with Crippen LogP contribution in [0, 0.1) is 40.4 Å². The van der Waals surface area contributed by atoms with E-state index >= 15 is 0 Å². The monoisotopic (exact) mass is 400 g/mol. The molecule has 0 amide bonds. The van der Waals surface area contributed by atoms with Gasteiger partial charge >= 0.3 is 5.97 Å². The van der Waals surface area contributed by atoms with Crippen molar-refractivity contribution >= 4 is 11.8 Å². The molecule has 0 aromatic rings. The highest BCUT2D eigenvalue weighted by Gasteiger charge is 2.71. The molecule has 4 aliphatic carbocycles. The van der Waals surface area contributed by atoms with E-state index in [1.54, 1.807) is 6.92 Å². The predicted molar refractivity (Wildman–Crippen MR) is 109 cm³/mol. The molecule has 1 aliphatic heterocycles. The maximum absolute atomic E-state index is 12.9. The Bertz CT molecular complexity index is 765. The molecular formula is C24H36N2O3. The van der Waals surface area contributed by atoms with E-state index in [1.165, 1.54) is 32.6 Å². The van der Waals surface area contributed by atoms with Crippen molar-refractivity contribution in [2.75, 3.05) is 6.54 Å². The van der Waals surface area contributed by atoms with Crippen molar-refractivity contribution in [3.05, 3.63) is 0 Å². The van der Waals surface area contributed by atoms with Gasteiger partial charge in [0.25, 0.3) is 0 Å². The fraction of sp³-hybridized carbons (Fsp3) is 0.917. The number of ether oxygens (including phenoxy) is 1. The second-order valence-electron chi connectivity index (χ2n) is 11.3. The van der Waals surface area contributed by atoms with Gasteiger partial charge in [-0.15, -0.1) is 0 Å². The number of carbonyl (C=O) groups excluding carboxylic acids is 2. The second kappa shape index (κ2) is 6.37. The van der Waals surface area contributed by atoms with Gasteiger partial charge in [0, 0.05) is 18.3 Å². The van der Waals surface area contributed by atoms with E-state index in [9.17, 15) is 9.59 Å². The zero-order valence-corrected chi connectivity index (χ0v) is 18.4. The zero-order valence-electron chi connectivity index (χ0n) is 18.4. The summed E-state index contributed by atoms with van der Waals surface area (Å²) in [4.78, 5) is 24.3. The van der Waals surface area contributed by atoms with Crippen LogP contribution in [0.2, 0.25) is 0 Å². The molecule has 0 aromatic carbocycles. The van der Waals surface area contributed by atoms with Gasteiger partial charge in [0.15, 0.2) is 5.78 Å². The molecule has 4 saturated carbocycles. The summed E-state index contributed by atoms with van der Waals surface area (Å²) < 4.78 is 5.60. The summed E-state index contributed by atoms with van der Waals surface area (Å²) in [5.74, 6) is 3.12. The van der Waals surface area contributed by atoms with E-state index in [2.05, 4.69) is 24.1 Å². The lowest BCUT2D eigenvalue weighted by Crippen LogP contribution is -2.58. The highest BCUT2D eigenvalue weighted by molar-refractivity contribution is 5.88. The summed E-state index contributed by atoms with van der Waals surface area (Å²) in [6, 6.07) is 0. The summed E-state index contributed by atoms with van der Waals surface area (Å²) in [7, 11) is 0. The predicted octanol–water partition coefficient (Wildman–Crippen LogP) is 4.98. The molecule has 5 aliphatic rings. The largest absolute Gasteiger partial charge is 0.463 e. The summed E-state index contributed by atoms with van der Waals surface area (Å²) in [5.41, 5.74) is -0.223. The molecule has 4 fully saturated rings. The van der Waals surface area contributed by atoms with Crippen molar-refractivity contribution in [3.8, 4) is 0 Å². The zero-order chi connectivity index (χ0) is 20.6. The van der Waals surface area contributed by atoms with Crippen LogP contribution in [-0.4, -0.2) is 29.9 Å². The molecule has 1 heterocycles. The number of Topliss-reactive ketones (excluding diaryl/α,β-unsaturated/α-hetero) is 1. The van der Waals surface area contributed by atoms with Crippen LogP contribution in [-0.2, 0) is 14.3 Å². The van der Waals surface area contributed by atoms with Gasteiger partial charge in [0.05, 0.1) is 6.54 Å². The first-order valence-corrected chi connectivity index (χ1v) is 11.8. The summed E-state index contributed by atoms with van der Waals surface area (Å²) >= 11 is 0. The number of azo groups is 1. The third-order valence-electron chi connectivity index (χ3n) is 10.4. The Balaban J connectivity index is 1.42. The molecule has 0 N–H and O–H groups in total. The van der Waals surface area contributed by atoms with Crippen LogP contribution in [0.15, 0.2) is 10.2 Å². The van der Waals surface area contributed by atoms with Gasteiger partial charge in [-0.05, 0) is 87.4 Å². The lowest BCUT2D eigenvalue weighted by Gasteiger charge is -2.61. The molecule has 0 unspecified atom stereocenters. The van der Waals surface area contributed by atoms with Crippen molar-refractivity contribution in [1.29, 1.82) is 0 Å². The quantitative estimate of drug-likeness (QED) is 0.614. The SMILES string of the molecule is CC(=O)O[C@H]1CC[C@@]2(C)[C@@H](CC[C@H]3[C@H]2CC[C@]2(C)[C@@H]3C[C@@H]3CN=N[C@@]32C(C)=O)C1. The van der Waals surface area contributed by atoms with E-state index in [-0.39, 0.29) is 23.3 Å². The molecule has 5 rings (SSSR count). The van der Waals surface area contributed by atoms with Crippen LogP contribution in [0.4, 0.5) is 0 Å². The standard InChI is InChI=1S/C24H36N2O3/c1-14(27)24-17(13-25-26-24)12-21-19-6-5-16-11-18(29-15(2)28)7-9-22(16,3)20(19)8-10-23(21,24)4/h16-21H,5-13H2,1-4H3/t16-,17+,18-,19-,20+,21+,22-,23+,24-/m0/s1. The van der Waals surface area contributed by atoms with Gasteiger partial charge in [-0.3, -0.25) is 9.59 Å². The van der Waals surface area contributed by atoms with E-state index in [0.29, 0.717) is 29.1 Å². The molecule has 0 bridgehead atoms. The molecule has 9 atom stereocenters. The van der Waals surface area contributed by atoms with Crippen LogP contribution in [0.5, 0.6) is 0 Å². The first-order valence-electron chi connectivity index (χ1n) is 11.8. The Morgan fingerprint density at radius 1 is 0.931 bits per heavy atom. The third kappa shape index (κ3) is 2.45. The molecule has 0 aromatic heterocycles. The van der Waals surface area contributed by atoms with Gasteiger partial charge in [-0.2, -0.15) is 10.2 Å². The first kappa shape index (κ1) is 19.7. The number of esters is 1. The smallest absolute Gasteiger partial charge is 0.302 e. The Kier molecular flexibility index (Phi) is 4.32. The third-order valence-corrected chi connectivity index (χ3v) is 10.4. The number of rotatable bonds is 2. The Labute approximate surface area is 174 Å². The highest BCUT2D eigenvalue weighted by Crippen LogP contribution is 2.71. The Hall–Kier alpha value is -1.26. The number of nitrogens with zero attached hydrogens (tertiary/aromatic N) is 2. The molecule has 0 radical (unpaired) electrons. The minimum atomic E-state index is -0.548. The average molecular weight is 401 g/mol. The normalized spacial score (nSPS) is 52.8. The summed E-state index contributed by atoms with van der Waals surface area (Å²) in [6.45, 7) is 8.92.